The van der Waals surface area contributed by atoms with Crippen molar-refractivity contribution < 1.29 is 9.47 Å². The summed E-state index contributed by atoms with van der Waals surface area (Å²) in [5.41, 5.74) is 9.25. The molecule has 0 aromatic heterocycles. The Morgan fingerprint density at radius 2 is 0.882 bits per heavy atom. The van der Waals surface area contributed by atoms with Crippen LogP contribution < -0.4 is 19.3 Å². The summed E-state index contributed by atoms with van der Waals surface area (Å²) in [4.78, 5) is 4.33. The first-order valence-electron chi connectivity index (χ1n) is 22.3. The first-order chi connectivity index (χ1) is 33.6. The number of allylic oxidation sites excluding steroid dienone is 2. The second-order valence-electron chi connectivity index (χ2n) is 15.3. The van der Waals surface area contributed by atoms with Gasteiger partial charge in [-0.05, 0) is 132 Å². The van der Waals surface area contributed by atoms with E-state index in [9.17, 15) is 10.5 Å². The number of nitrogens with zero attached hydrogens (tertiary/aromatic N) is 4. The van der Waals surface area contributed by atoms with Gasteiger partial charge in [-0.2, -0.15) is 10.5 Å². The van der Waals surface area contributed by atoms with Gasteiger partial charge >= 0.3 is 0 Å². The number of hydrogen-bond donors (Lipinski definition) is 0. The zero-order valence-corrected chi connectivity index (χ0v) is 37.7. The molecule has 6 nitrogen and oxygen atoms in total. The number of anilines is 6. The second-order valence-corrected chi connectivity index (χ2v) is 15.3. The highest BCUT2D eigenvalue weighted by Crippen LogP contribution is 2.39. The second kappa shape index (κ2) is 24.5. The van der Waals surface area contributed by atoms with E-state index in [0.717, 1.165) is 59.8 Å². The molecule has 0 saturated carbocycles. The number of hydrogen-bond acceptors (Lipinski definition) is 6. The van der Waals surface area contributed by atoms with Crippen molar-refractivity contribution in [2.75, 3.05) is 16.4 Å². The highest BCUT2D eigenvalue weighted by molar-refractivity contribution is 5.94. The smallest absolute Gasteiger partial charge is 0.148 e. The molecule has 0 fully saturated rings. The SMILES string of the molecule is C#CC#CC#CC#COc1cc(C=C(C#N)c2ccc(N(c3ccccc3)c3ccccc3)cc2)c(OCCCCCC)cc1C=C(C#N)c1ccc(N(c2ccccc2)c2ccccc2)cc1. The predicted molar refractivity (Wildman–Crippen MR) is 278 cm³/mol. The molecule has 7 aromatic carbocycles. The third-order valence-electron chi connectivity index (χ3n) is 10.7. The summed E-state index contributed by atoms with van der Waals surface area (Å²) in [6, 6.07) is 64.8. The van der Waals surface area contributed by atoms with Crippen LogP contribution in [0.15, 0.2) is 182 Å². The lowest BCUT2D eigenvalue weighted by Gasteiger charge is -2.25. The van der Waals surface area contributed by atoms with Gasteiger partial charge in [0.2, 0.25) is 0 Å². The van der Waals surface area contributed by atoms with Crippen LogP contribution in [0.5, 0.6) is 11.5 Å². The van der Waals surface area contributed by atoms with Crippen molar-refractivity contribution in [1.29, 1.82) is 10.5 Å². The Morgan fingerprint density at radius 1 is 0.485 bits per heavy atom. The number of unbranched alkanes of at least 4 members (excludes halogenated alkanes) is 3. The van der Waals surface area contributed by atoms with Crippen molar-refractivity contribution in [1.82, 2.24) is 0 Å². The van der Waals surface area contributed by atoms with E-state index in [1.807, 2.05) is 127 Å². The van der Waals surface area contributed by atoms with Crippen molar-refractivity contribution in [2.45, 2.75) is 32.6 Å². The van der Waals surface area contributed by atoms with E-state index in [2.05, 4.69) is 119 Å². The van der Waals surface area contributed by atoms with Crippen LogP contribution in [0.2, 0.25) is 0 Å². The van der Waals surface area contributed by atoms with Gasteiger partial charge in [-0.15, -0.1) is 6.42 Å². The summed E-state index contributed by atoms with van der Waals surface area (Å²) in [5, 5.41) is 21.3. The molecular formula is C62H46N4O2. The third kappa shape index (κ3) is 12.4. The maximum absolute atomic E-state index is 10.7. The fourth-order valence-electron chi connectivity index (χ4n) is 7.43. The topological polar surface area (TPSA) is 72.5 Å². The fourth-order valence-corrected chi connectivity index (χ4v) is 7.43. The molecule has 0 saturated heterocycles. The summed E-state index contributed by atoms with van der Waals surface area (Å²) in [6.07, 6.45) is 15.5. The largest absolute Gasteiger partial charge is 0.493 e. The van der Waals surface area contributed by atoms with Crippen LogP contribution in [0.25, 0.3) is 23.3 Å². The van der Waals surface area contributed by atoms with Crippen molar-refractivity contribution in [3.8, 4) is 71.7 Å². The standard InChI is InChI=1S/C62H46N4O2/c1-3-5-7-9-10-24-42-68-62-46-51(43-53(47-63)49-33-37-59(38-34-49)65(55-25-15-11-16-26-55)56-27-17-12-18-28-56)61(67-41-23-8-6-4-2)45-52(62)44-54(48-64)50-35-39-60(40-36-50)66(57-29-19-13-20-30-57)58-31-21-14-22-32-58/h1,11-22,25-40,43-46H,4,6,8,23,41H2,2H3. The van der Waals surface area contributed by atoms with Crippen LogP contribution in [0.1, 0.15) is 54.9 Å². The highest BCUT2D eigenvalue weighted by Gasteiger charge is 2.17. The third-order valence-corrected chi connectivity index (χ3v) is 10.7. The minimum atomic E-state index is 0.330. The van der Waals surface area contributed by atoms with Crippen LogP contribution >= 0.6 is 0 Å². The fraction of sp³-hybridized carbons (Fsp3) is 0.0968. The molecule has 0 N–H and O–H groups in total. The van der Waals surface area contributed by atoms with Gasteiger partial charge in [0.1, 0.15) is 17.6 Å². The van der Waals surface area contributed by atoms with Gasteiger partial charge in [0, 0.05) is 63.0 Å². The van der Waals surface area contributed by atoms with Crippen LogP contribution in [-0.4, -0.2) is 6.61 Å². The van der Waals surface area contributed by atoms with Crippen molar-refractivity contribution in [2.24, 2.45) is 0 Å². The molecular weight excluding hydrogens is 833 g/mol. The van der Waals surface area contributed by atoms with Crippen LogP contribution in [0.3, 0.4) is 0 Å². The lowest BCUT2D eigenvalue weighted by atomic mass is 9.99. The van der Waals surface area contributed by atoms with Crippen LogP contribution in [0, 0.1) is 70.7 Å². The van der Waals surface area contributed by atoms with E-state index in [0.29, 0.717) is 51.5 Å². The number of benzene rings is 7. The number of nitriles is 2. The minimum Gasteiger partial charge on any atom is -0.493 e. The predicted octanol–water partition coefficient (Wildman–Crippen LogP) is 14.7. The van der Waals surface area contributed by atoms with Gasteiger partial charge in [-0.3, -0.25) is 0 Å². The van der Waals surface area contributed by atoms with E-state index in [-0.39, 0.29) is 0 Å². The van der Waals surface area contributed by atoms with E-state index >= 15 is 0 Å². The molecule has 0 aliphatic heterocycles. The van der Waals surface area contributed by atoms with Gasteiger partial charge in [0.25, 0.3) is 0 Å². The Hall–Kier alpha value is -9.56. The summed E-state index contributed by atoms with van der Waals surface area (Å²) in [6.45, 7) is 2.62. The average Bonchev–Trinajstić information content (AvgIpc) is 3.39. The summed E-state index contributed by atoms with van der Waals surface area (Å²) < 4.78 is 12.6. The van der Waals surface area contributed by atoms with Gasteiger partial charge < -0.3 is 19.3 Å². The van der Waals surface area contributed by atoms with Gasteiger partial charge in [-0.25, -0.2) is 0 Å². The van der Waals surface area contributed by atoms with Crippen molar-refractivity contribution in [3.05, 3.63) is 204 Å². The van der Waals surface area contributed by atoms with Crippen LogP contribution in [0.4, 0.5) is 34.1 Å². The Balaban J connectivity index is 1.29. The molecule has 0 radical (unpaired) electrons. The van der Waals surface area contributed by atoms with Gasteiger partial charge in [0.05, 0.1) is 29.9 Å². The maximum Gasteiger partial charge on any atom is 0.148 e. The highest BCUT2D eigenvalue weighted by atomic mass is 16.5. The first kappa shape index (κ1) is 46.4. The molecule has 7 aromatic rings. The van der Waals surface area contributed by atoms with E-state index < -0.39 is 0 Å². The summed E-state index contributed by atoms with van der Waals surface area (Å²) in [7, 11) is 0. The van der Waals surface area contributed by atoms with Crippen molar-refractivity contribution in [3.63, 3.8) is 0 Å². The Labute approximate surface area is 400 Å². The Kier molecular flexibility index (Phi) is 16.7. The van der Waals surface area contributed by atoms with Gasteiger partial charge in [0.15, 0.2) is 0 Å². The summed E-state index contributed by atoms with van der Waals surface area (Å²) in [5.74, 6) is 15.9. The molecule has 0 aliphatic rings. The Bertz CT molecular complexity index is 3100. The molecule has 0 heterocycles. The molecule has 7 rings (SSSR count). The zero-order chi connectivity index (χ0) is 47.2. The molecule has 326 valence electrons. The average molecular weight is 879 g/mol. The molecule has 6 heteroatoms. The quantitative estimate of drug-likeness (QED) is 0.0393. The summed E-state index contributed by atoms with van der Waals surface area (Å²) >= 11 is 0. The monoisotopic (exact) mass is 878 g/mol. The maximum atomic E-state index is 10.7. The molecule has 0 aliphatic carbocycles. The molecule has 0 spiro atoms. The van der Waals surface area contributed by atoms with Crippen molar-refractivity contribution >= 4 is 57.4 Å². The van der Waals surface area contributed by atoms with Crippen LogP contribution in [-0.2, 0) is 0 Å². The number of para-hydroxylation sites is 4. The number of terminal acetylenes is 1. The van der Waals surface area contributed by atoms with Gasteiger partial charge in [-0.1, -0.05) is 123 Å². The molecule has 0 amide bonds. The first-order valence-corrected chi connectivity index (χ1v) is 22.3. The van der Waals surface area contributed by atoms with E-state index in [4.69, 9.17) is 15.9 Å². The molecule has 0 bridgehead atoms. The molecule has 0 atom stereocenters. The van der Waals surface area contributed by atoms with E-state index in [1.54, 1.807) is 18.2 Å². The Morgan fingerprint density at radius 3 is 1.31 bits per heavy atom. The number of ether oxygens (including phenoxy) is 2. The minimum absolute atomic E-state index is 0.330. The lowest BCUT2D eigenvalue weighted by Crippen LogP contribution is -2.09. The normalized spacial score (nSPS) is 10.5. The molecule has 0 unspecified atom stereocenters. The van der Waals surface area contributed by atoms with E-state index in [1.165, 1.54) is 0 Å². The number of rotatable bonds is 17. The lowest BCUT2D eigenvalue weighted by molar-refractivity contribution is 0.304. The molecule has 68 heavy (non-hydrogen) atoms. The zero-order valence-electron chi connectivity index (χ0n) is 37.7.